The van der Waals surface area contributed by atoms with Gasteiger partial charge in [0.15, 0.2) is 11.5 Å². The molecule has 1 amide bonds. The highest BCUT2D eigenvalue weighted by molar-refractivity contribution is 6.32. The molecule has 1 aliphatic heterocycles. The van der Waals surface area contributed by atoms with Crippen LogP contribution in [0.25, 0.3) is 0 Å². The number of ether oxygens (including phenoxy) is 4. The summed E-state index contributed by atoms with van der Waals surface area (Å²) in [7, 11) is 0. The van der Waals surface area contributed by atoms with Crippen LogP contribution in [-0.4, -0.2) is 38.9 Å². The number of carbonyl (C=O) groups excluding carboxylic acids is 1. The standard InChI is InChI=1S/C21H24ClNO5/c1-2-25-10-11-27-18-7-4-3-6-16(18)21(24)23-14-15-12-17(22)20-19(13-15)26-8-5-9-28-20/h3-4,6-7,12-13H,2,5,8-11,14H2,1H3,(H,23,24). The zero-order valence-corrected chi connectivity index (χ0v) is 16.6. The Labute approximate surface area is 169 Å². The monoisotopic (exact) mass is 405 g/mol. The summed E-state index contributed by atoms with van der Waals surface area (Å²) < 4.78 is 22.3. The van der Waals surface area contributed by atoms with Crippen molar-refractivity contribution in [2.75, 3.05) is 33.0 Å². The number of hydrogen-bond donors (Lipinski definition) is 1. The van der Waals surface area contributed by atoms with Crippen LogP contribution in [0.1, 0.15) is 29.3 Å². The number of nitrogens with one attached hydrogen (secondary N) is 1. The van der Waals surface area contributed by atoms with Gasteiger partial charge in [0, 0.05) is 19.6 Å². The lowest BCUT2D eigenvalue weighted by atomic mass is 10.1. The number of amides is 1. The third-order valence-corrected chi connectivity index (χ3v) is 4.42. The third-order valence-electron chi connectivity index (χ3n) is 4.14. The van der Waals surface area contributed by atoms with Gasteiger partial charge in [-0.15, -0.1) is 0 Å². The van der Waals surface area contributed by atoms with Crippen molar-refractivity contribution < 1.29 is 23.7 Å². The largest absolute Gasteiger partial charge is 0.490 e. The molecule has 7 heteroatoms. The average Bonchev–Trinajstić information content (AvgIpc) is 2.96. The van der Waals surface area contributed by atoms with E-state index in [-0.39, 0.29) is 5.91 Å². The second kappa shape index (κ2) is 10.2. The summed E-state index contributed by atoms with van der Waals surface area (Å²) in [6.45, 7) is 4.87. The minimum absolute atomic E-state index is 0.227. The number of hydrogen-bond acceptors (Lipinski definition) is 5. The average molecular weight is 406 g/mol. The van der Waals surface area contributed by atoms with E-state index in [1.54, 1.807) is 24.3 Å². The van der Waals surface area contributed by atoms with Crippen LogP contribution < -0.4 is 19.5 Å². The topological polar surface area (TPSA) is 66.0 Å². The van der Waals surface area contributed by atoms with Gasteiger partial charge in [-0.05, 0) is 36.8 Å². The van der Waals surface area contributed by atoms with E-state index in [2.05, 4.69) is 5.32 Å². The van der Waals surface area contributed by atoms with Crippen LogP contribution in [0.15, 0.2) is 36.4 Å². The highest BCUT2D eigenvalue weighted by Crippen LogP contribution is 2.38. The van der Waals surface area contributed by atoms with Gasteiger partial charge in [-0.1, -0.05) is 23.7 Å². The minimum atomic E-state index is -0.227. The van der Waals surface area contributed by atoms with E-state index in [1.165, 1.54) is 0 Å². The molecule has 150 valence electrons. The van der Waals surface area contributed by atoms with Crippen LogP contribution in [0.2, 0.25) is 5.02 Å². The minimum Gasteiger partial charge on any atom is -0.490 e. The van der Waals surface area contributed by atoms with Crippen LogP contribution >= 0.6 is 11.6 Å². The first-order valence-electron chi connectivity index (χ1n) is 9.35. The van der Waals surface area contributed by atoms with Gasteiger partial charge in [-0.25, -0.2) is 0 Å². The highest BCUT2D eigenvalue weighted by atomic mass is 35.5. The summed E-state index contributed by atoms with van der Waals surface area (Å²) in [5, 5.41) is 3.38. The first-order chi connectivity index (χ1) is 13.7. The van der Waals surface area contributed by atoms with Gasteiger partial charge < -0.3 is 24.3 Å². The number of rotatable bonds is 8. The number of benzene rings is 2. The zero-order chi connectivity index (χ0) is 19.8. The summed E-state index contributed by atoms with van der Waals surface area (Å²) in [6.07, 6.45) is 0.803. The van der Waals surface area contributed by atoms with Crippen molar-refractivity contribution >= 4 is 17.5 Å². The second-order valence-corrected chi connectivity index (χ2v) is 6.59. The van der Waals surface area contributed by atoms with Crippen molar-refractivity contribution in [3.63, 3.8) is 0 Å². The molecule has 1 N–H and O–H groups in total. The highest BCUT2D eigenvalue weighted by Gasteiger charge is 2.17. The smallest absolute Gasteiger partial charge is 0.255 e. The van der Waals surface area contributed by atoms with E-state index in [0.29, 0.717) is 67.4 Å². The molecule has 28 heavy (non-hydrogen) atoms. The second-order valence-electron chi connectivity index (χ2n) is 6.18. The summed E-state index contributed by atoms with van der Waals surface area (Å²) in [6, 6.07) is 10.7. The maximum Gasteiger partial charge on any atom is 0.255 e. The van der Waals surface area contributed by atoms with Gasteiger partial charge in [0.25, 0.3) is 5.91 Å². The first-order valence-corrected chi connectivity index (χ1v) is 9.72. The Hall–Kier alpha value is -2.44. The molecule has 0 unspecified atom stereocenters. The van der Waals surface area contributed by atoms with Crippen molar-refractivity contribution in [3.8, 4) is 17.2 Å². The van der Waals surface area contributed by atoms with Crippen LogP contribution in [0.4, 0.5) is 0 Å². The van der Waals surface area contributed by atoms with Crippen LogP contribution in [0.5, 0.6) is 17.2 Å². The van der Waals surface area contributed by atoms with E-state index in [4.69, 9.17) is 30.5 Å². The van der Waals surface area contributed by atoms with Crippen LogP contribution in [0.3, 0.4) is 0 Å². The molecular formula is C21H24ClNO5. The Balaban J connectivity index is 1.64. The van der Waals surface area contributed by atoms with Gasteiger partial charge >= 0.3 is 0 Å². The number of halogens is 1. The van der Waals surface area contributed by atoms with Gasteiger partial charge in [-0.3, -0.25) is 4.79 Å². The predicted octanol–water partition coefficient (Wildman–Crippen LogP) is 3.85. The number of fused-ring (bicyclic) bond motifs is 1. The lowest BCUT2D eigenvalue weighted by Crippen LogP contribution is -2.23. The molecule has 2 aromatic rings. The maximum absolute atomic E-state index is 12.6. The fourth-order valence-electron chi connectivity index (χ4n) is 2.80. The van der Waals surface area contributed by atoms with Crippen molar-refractivity contribution in [1.29, 1.82) is 0 Å². The molecule has 1 heterocycles. The van der Waals surface area contributed by atoms with Crippen LogP contribution in [0, 0.1) is 0 Å². The molecule has 0 atom stereocenters. The van der Waals surface area contributed by atoms with Gasteiger partial charge in [0.05, 0.1) is 30.4 Å². The Morgan fingerprint density at radius 2 is 2.00 bits per heavy atom. The van der Waals surface area contributed by atoms with Crippen molar-refractivity contribution in [2.45, 2.75) is 19.9 Å². The van der Waals surface area contributed by atoms with Crippen molar-refractivity contribution in [2.24, 2.45) is 0 Å². The molecule has 6 nitrogen and oxygen atoms in total. The lowest BCUT2D eigenvalue weighted by Gasteiger charge is -2.13. The summed E-state index contributed by atoms with van der Waals surface area (Å²) in [4.78, 5) is 12.6. The van der Waals surface area contributed by atoms with E-state index in [0.717, 1.165) is 12.0 Å². The summed E-state index contributed by atoms with van der Waals surface area (Å²) in [5.41, 5.74) is 1.30. The van der Waals surface area contributed by atoms with E-state index in [1.807, 2.05) is 19.1 Å². The Morgan fingerprint density at radius 3 is 2.86 bits per heavy atom. The fourth-order valence-corrected chi connectivity index (χ4v) is 3.09. The molecule has 2 aromatic carbocycles. The van der Waals surface area contributed by atoms with E-state index >= 15 is 0 Å². The molecule has 1 aliphatic rings. The molecule has 0 aromatic heterocycles. The quantitative estimate of drug-likeness (QED) is 0.676. The molecule has 0 spiro atoms. The van der Waals surface area contributed by atoms with Gasteiger partial charge in [0.2, 0.25) is 0 Å². The molecule has 0 fully saturated rings. The number of para-hydroxylation sites is 1. The third kappa shape index (κ3) is 5.30. The Kier molecular flexibility index (Phi) is 7.39. The van der Waals surface area contributed by atoms with Gasteiger partial charge in [0.1, 0.15) is 12.4 Å². The molecule has 3 rings (SSSR count). The summed E-state index contributed by atoms with van der Waals surface area (Å²) in [5.74, 6) is 1.46. The first kappa shape index (κ1) is 20.3. The SMILES string of the molecule is CCOCCOc1ccccc1C(=O)NCc1cc(Cl)c2c(c1)OCCCO2. The molecule has 0 radical (unpaired) electrons. The molecule has 0 saturated heterocycles. The number of carbonyl (C=O) groups is 1. The summed E-state index contributed by atoms with van der Waals surface area (Å²) >= 11 is 6.31. The normalized spacial score (nSPS) is 12.9. The molecule has 0 aliphatic carbocycles. The fraction of sp³-hybridized carbons (Fsp3) is 0.381. The van der Waals surface area contributed by atoms with E-state index < -0.39 is 0 Å². The van der Waals surface area contributed by atoms with Gasteiger partial charge in [-0.2, -0.15) is 0 Å². The van der Waals surface area contributed by atoms with Crippen LogP contribution in [-0.2, 0) is 11.3 Å². The lowest BCUT2D eigenvalue weighted by molar-refractivity contribution is 0.0934. The Morgan fingerprint density at radius 1 is 1.18 bits per heavy atom. The van der Waals surface area contributed by atoms with E-state index in [9.17, 15) is 4.79 Å². The predicted molar refractivity (Wildman–Crippen MR) is 107 cm³/mol. The molecule has 0 saturated carbocycles. The molecular weight excluding hydrogens is 382 g/mol. The molecule has 0 bridgehead atoms. The van der Waals surface area contributed by atoms with Crippen molar-refractivity contribution in [3.05, 3.63) is 52.5 Å². The zero-order valence-electron chi connectivity index (χ0n) is 15.8. The Bertz CT molecular complexity index is 811. The maximum atomic E-state index is 12.6. The van der Waals surface area contributed by atoms with Crippen molar-refractivity contribution in [1.82, 2.24) is 5.32 Å².